The van der Waals surface area contributed by atoms with Crippen LogP contribution < -0.4 is 10.3 Å². The third kappa shape index (κ3) is 4.33. The highest BCUT2D eigenvalue weighted by atomic mass is 19.1. The summed E-state index contributed by atoms with van der Waals surface area (Å²) in [5, 5.41) is 3.18. The largest absolute Gasteiger partial charge is 0.497 e. The van der Waals surface area contributed by atoms with Gasteiger partial charge >= 0.3 is 0 Å². The highest BCUT2D eigenvalue weighted by molar-refractivity contribution is 6.03. The number of hydrogen-bond acceptors (Lipinski definition) is 3. The van der Waals surface area contributed by atoms with Crippen molar-refractivity contribution in [2.45, 2.75) is 13.5 Å². The molecule has 4 aromatic rings. The molecule has 1 N–H and O–H groups in total. The van der Waals surface area contributed by atoms with Gasteiger partial charge in [-0.15, -0.1) is 0 Å². The Bertz CT molecular complexity index is 1260. The van der Waals surface area contributed by atoms with Gasteiger partial charge in [0.1, 0.15) is 11.6 Å². The summed E-state index contributed by atoms with van der Waals surface area (Å²) in [6.07, 6.45) is 0. The van der Waals surface area contributed by atoms with Gasteiger partial charge in [0, 0.05) is 11.3 Å². The fraction of sp³-hybridized carbons (Fsp3) is 0.120. The van der Waals surface area contributed by atoms with E-state index in [-0.39, 0.29) is 11.4 Å². The first-order valence-corrected chi connectivity index (χ1v) is 9.87. The molecule has 0 fully saturated rings. The van der Waals surface area contributed by atoms with Crippen LogP contribution in [-0.2, 0) is 6.54 Å². The summed E-state index contributed by atoms with van der Waals surface area (Å²) in [6, 6.07) is 23.1. The number of rotatable bonds is 6. The normalized spacial score (nSPS) is 11.5. The maximum atomic E-state index is 13.4. The third-order valence-electron chi connectivity index (χ3n) is 5.06. The number of aliphatic imine (C=N–C) groups is 1. The van der Waals surface area contributed by atoms with E-state index in [1.165, 1.54) is 16.8 Å². The number of benzene rings is 3. The summed E-state index contributed by atoms with van der Waals surface area (Å²) >= 11 is 0. The number of H-pyrrole nitrogens is 1. The smallest absolute Gasteiger partial charge is 0.280 e. The van der Waals surface area contributed by atoms with Gasteiger partial charge in [0.25, 0.3) is 5.56 Å². The fourth-order valence-corrected chi connectivity index (χ4v) is 3.38. The summed E-state index contributed by atoms with van der Waals surface area (Å²) in [5.74, 6) is 0.361. The van der Waals surface area contributed by atoms with Crippen LogP contribution in [-0.4, -0.2) is 22.6 Å². The summed E-state index contributed by atoms with van der Waals surface area (Å²) in [4.78, 5) is 18.0. The van der Waals surface area contributed by atoms with Crippen LogP contribution in [0.3, 0.4) is 0 Å². The molecule has 6 heteroatoms. The molecule has 0 saturated heterocycles. The highest BCUT2D eigenvalue weighted by Crippen LogP contribution is 2.24. The molecule has 156 valence electrons. The van der Waals surface area contributed by atoms with Gasteiger partial charge < -0.3 is 4.74 Å². The Kier molecular flexibility index (Phi) is 5.80. The van der Waals surface area contributed by atoms with Gasteiger partial charge in [-0.3, -0.25) is 14.9 Å². The lowest BCUT2D eigenvalue weighted by Crippen LogP contribution is -2.19. The summed E-state index contributed by atoms with van der Waals surface area (Å²) in [6.45, 7) is 2.30. The number of hydrogen-bond donors (Lipinski definition) is 1. The number of ether oxygens (including phenoxy) is 1. The van der Waals surface area contributed by atoms with Crippen molar-refractivity contribution in [3.63, 3.8) is 0 Å². The minimum absolute atomic E-state index is 0.244. The van der Waals surface area contributed by atoms with Crippen molar-refractivity contribution in [1.29, 1.82) is 0 Å². The second kappa shape index (κ2) is 8.83. The van der Waals surface area contributed by atoms with Crippen LogP contribution in [0.15, 0.2) is 88.6 Å². The lowest BCUT2D eigenvalue weighted by molar-refractivity contribution is 0.415. The monoisotopic (exact) mass is 415 g/mol. The van der Waals surface area contributed by atoms with E-state index in [2.05, 4.69) is 10.1 Å². The zero-order valence-corrected chi connectivity index (χ0v) is 17.3. The summed E-state index contributed by atoms with van der Waals surface area (Å²) < 4.78 is 20.0. The molecule has 0 bridgehead atoms. The van der Waals surface area contributed by atoms with Gasteiger partial charge in [-0.2, -0.15) is 0 Å². The van der Waals surface area contributed by atoms with Crippen LogP contribution in [0.1, 0.15) is 18.1 Å². The van der Waals surface area contributed by atoms with Crippen LogP contribution in [0.5, 0.6) is 5.75 Å². The second-order valence-electron chi connectivity index (χ2n) is 7.09. The van der Waals surface area contributed by atoms with Crippen LogP contribution in [0.4, 0.5) is 4.39 Å². The van der Waals surface area contributed by atoms with Crippen molar-refractivity contribution in [3.8, 4) is 22.7 Å². The van der Waals surface area contributed by atoms with Crippen LogP contribution in [0, 0.1) is 5.82 Å². The molecule has 1 aromatic heterocycles. The van der Waals surface area contributed by atoms with E-state index < -0.39 is 0 Å². The third-order valence-corrected chi connectivity index (χ3v) is 5.06. The van der Waals surface area contributed by atoms with E-state index in [4.69, 9.17) is 4.74 Å². The molecule has 0 spiro atoms. The lowest BCUT2D eigenvalue weighted by atomic mass is 10.0. The predicted octanol–water partition coefficient (Wildman–Crippen LogP) is 4.99. The molecule has 0 aliphatic carbocycles. The van der Waals surface area contributed by atoms with Gasteiger partial charge in [0.15, 0.2) is 0 Å². The Hall–Kier alpha value is -3.93. The Morgan fingerprint density at radius 1 is 1.00 bits per heavy atom. The van der Waals surface area contributed by atoms with Crippen LogP contribution >= 0.6 is 0 Å². The van der Waals surface area contributed by atoms with Gasteiger partial charge in [-0.1, -0.05) is 30.3 Å². The molecule has 0 aliphatic rings. The van der Waals surface area contributed by atoms with E-state index in [1.54, 1.807) is 19.2 Å². The Morgan fingerprint density at radius 2 is 1.68 bits per heavy atom. The fourth-order valence-electron chi connectivity index (χ4n) is 3.38. The number of aromatic amines is 1. The molecular weight excluding hydrogens is 393 g/mol. The molecule has 0 amide bonds. The molecule has 0 aliphatic heterocycles. The number of halogens is 1. The molecule has 0 saturated carbocycles. The average Bonchev–Trinajstić information content (AvgIpc) is 3.16. The van der Waals surface area contributed by atoms with Crippen molar-refractivity contribution >= 4 is 5.71 Å². The molecule has 0 atom stereocenters. The molecular formula is C25H22FN3O2. The molecule has 0 unspecified atom stereocenters. The van der Waals surface area contributed by atoms with E-state index in [1.807, 2.05) is 61.5 Å². The van der Waals surface area contributed by atoms with E-state index >= 15 is 0 Å². The second-order valence-corrected chi connectivity index (χ2v) is 7.09. The minimum atomic E-state index is -0.362. The van der Waals surface area contributed by atoms with Crippen molar-refractivity contribution in [2.75, 3.05) is 7.11 Å². The predicted molar refractivity (Wildman–Crippen MR) is 121 cm³/mol. The maximum absolute atomic E-state index is 13.4. The molecule has 31 heavy (non-hydrogen) atoms. The first-order valence-electron chi connectivity index (χ1n) is 9.87. The van der Waals surface area contributed by atoms with Gasteiger partial charge in [-0.05, 0) is 61.0 Å². The minimum Gasteiger partial charge on any atom is -0.497 e. The van der Waals surface area contributed by atoms with Crippen LogP contribution in [0.25, 0.3) is 16.9 Å². The van der Waals surface area contributed by atoms with Crippen molar-refractivity contribution in [1.82, 2.24) is 9.78 Å². The first kappa shape index (κ1) is 20.3. The molecule has 5 nitrogen and oxygen atoms in total. The quantitative estimate of drug-likeness (QED) is 0.451. The van der Waals surface area contributed by atoms with Gasteiger partial charge in [0.2, 0.25) is 0 Å². The zero-order chi connectivity index (χ0) is 21.8. The standard InChI is InChI=1S/C25H22FN3O2/c1-17(27-16-18-6-4-3-5-7-18)23-24(19-8-14-22(31-2)15-9-19)28-29(25(23)30)21-12-10-20(26)11-13-21/h3-15,28H,16H2,1-2H3. The summed E-state index contributed by atoms with van der Waals surface area (Å²) in [5.41, 5.74) is 3.92. The lowest BCUT2D eigenvalue weighted by Gasteiger charge is -2.05. The number of methoxy groups -OCH3 is 1. The zero-order valence-electron chi connectivity index (χ0n) is 17.3. The number of nitrogens with zero attached hydrogens (tertiary/aromatic N) is 2. The number of nitrogens with one attached hydrogen (secondary N) is 1. The topological polar surface area (TPSA) is 59.4 Å². The Morgan fingerprint density at radius 3 is 2.32 bits per heavy atom. The highest BCUT2D eigenvalue weighted by Gasteiger charge is 2.19. The Labute approximate surface area is 179 Å². The van der Waals surface area contributed by atoms with E-state index in [0.29, 0.717) is 29.2 Å². The van der Waals surface area contributed by atoms with E-state index in [9.17, 15) is 9.18 Å². The number of aromatic nitrogens is 2. The van der Waals surface area contributed by atoms with Gasteiger partial charge in [-0.25, -0.2) is 9.07 Å². The molecule has 1 heterocycles. The molecule has 4 rings (SSSR count). The summed E-state index contributed by atoms with van der Waals surface area (Å²) in [7, 11) is 1.60. The first-order chi connectivity index (χ1) is 15.1. The SMILES string of the molecule is COc1ccc(-c2[nH]n(-c3ccc(F)cc3)c(=O)c2C(C)=NCc2ccccc2)cc1. The molecule has 0 radical (unpaired) electrons. The Balaban J connectivity index is 1.82. The van der Waals surface area contributed by atoms with Crippen molar-refractivity contribution in [3.05, 3.63) is 106 Å². The molecule has 3 aromatic carbocycles. The van der Waals surface area contributed by atoms with Crippen molar-refractivity contribution < 1.29 is 9.13 Å². The average molecular weight is 415 g/mol. The van der Waals surface area contributed by atoms with Gasteiger partial charge in [0.05, 0.1) is 30.6 Å². The maximum Gasteiger partial charge on any atom is 0.280 e. The van der Waals surface area contributed by atoms with E-state index in [0.717, 1.165) is 16.9 Å². The van der Waals surface area contributed by atoms with Crippen LogP contribution in [0.2, 0.25) is 0 Å². The van der Waals surface area contributed by atoms with Crippen molar-refractivity contribution in [2.24, 2.45) is 4.99 Å².